The van der Waals surface area contributed by atoms with Gasteiger partial charge in [0, 0.05) is 23.4 Å². The van der Waals surface area contributed by atoms with Gasteiger partial charge in [-0.25, -0.2) is 8.42 Å². The van der Waals surface area contributed by atoms with E-state index in [1.165, 1.54) is 11.1 Å². The molecule has 0 aliphatic carbocycles. The van der Waals surface area contributed by atoms with Crippen molar-refractivity contribution >= 4 is 26.9 Å². The van der Waals surface area contributed by atoms with Gasteiger partial charge in [0.05, 0.1) is 4.90 Å². The minimum absolute atomic E-state index is 0.341. The second-order valence-corrected chi connectivity index (χ2v) is 8.36. The summed E-state index contributed by atoms with van der Waals surface area (Å²) in [4.78, 5) is 1.63. The summed E-state index contributed by atoms with van der Waals surface area (Å²) < 4.78 is 23.0. The zero-order chi connectivity index (χ0) is 16.3. The largest absolute Gasteiger partial charge is 0.380 e. The van der Waals surface area contributed by atoms with E-state index in [4.69, 9.17) is 0 Å². The molecule has 0 amide bonds. The number of sulfone groups is 1. The van der Waals surface area contributed by atoms with Gasteiger partial charge in [0.2, 0.25) is 0 Å². The normalized spacial score (nSPS) is 11.3. The molecule has 23 heavy (non-hydrogen) atoms. The zero-order valence-electron chi connectivity index (χ0n) is 12.7. The van der Waals surface area contributed by atoms with Gasteiger partial charge in [-0.3, -0.25) is 0 Å². The Bertz CT molecular complexity index is 883. The average molecular weight is 343 g/mol. The Kier molecular flexibility index (Phi) is 4.50. The van der Waals surface area contributed by atoms with Crippen LogP contribution in [0.3, 0.4) is 0 Å². The highest BCUT2D eigenvalue weighted by molar-refractivity contribution is 7.90. The molecule has 0 fully saturated rings. The van der Waals surface area contributed by atoms with Gasteiger partial charge in [0.1, 0.15) is 0 Å². The second kappa shape index (κ2) is 6.56. The van der Waals surface area contributed by atoms with Crippen LogP contribution in [0.15, 0.2) is 70.9 Å². The van der Waals surface area contributed by atoms with E-state index in [1.807, 2.05) is 36.4 Å². The van der Waals surface area contributed by atoms with Crippen LogP contribution in [0.5, 0.6) is 0 Å². The second-order valence-electron chi connectivity index (χ2n) is 5.31. The van der Waals surface area contributed by atoms with Crippen molar-refractivity contribution in [2.24, 2.45) is 0 Å². The van der Waals surface area contributed by atoms with Gasteiger partial charge >= 0.3 is 0 Å². The SMILES string of the molecule is CS(=O)(=O)c1ccc(-c2cccc(NCc3cccs3)c2)cc1. The topological polar surface area (TPSA) is 46.2 Å². The monoisotopic (exact) mass is 343 g/mol. The molecular weight excluding hydrogens is 326 g/mol. The minimum Gasteiger partial charge on any atom is -0.380 e. The van der Waals surface area contributed by atoms with Crippen LogP contribution in [-0.2, 0) is 16.4 Å². The van der Waals surface area contributed by atoms with E-state index in [-0.39, 0.29) is 0 Å². The van der Waals surface area contributed by atoms with Crippen LogP contribution in [0.2, 0.25) is 0 Å². The molecule has 1 heterocycles. The lowest BCUT2D eigenvalue weighted by molar-refractivity contribution is 0.602. The molecule has 1 N–H and O–H groups in total. The molecule has 0 aliphatic heterocycles. The predicted molar refractivity (Wildman–Crippen MR) is 96.6 cm³/mol. The molecule has 3 nitrogen and oxygen atoms in total. The van der Waals surface area contributed by atoms with Crippen LogP contribution in [0.1, 0.15) is 4.88 Å². The Morgan fingerprint density at radius 2 is 1.74 bits per heavy atom. The number of benzene rings is 2. The molecule has 0 radical (unpaired) electrons. The molecule has 2 aromatic carbocycles. The summed E-state index contributed by atoms with van der Waals surface area (Å²) in [7, 11) is -3.15. The van der Waals surface area contributed by atoms with Crippen LogP contribution in [-0.4, -0.2) is 14.7 Å². The fourth-order valence-corrected chi connectivity index (χ4v) is 3.58. The van der Waals surface area contributed by atoms with E-state index in [0.29, 0.717) is 4.90 Å². The van der Waals surface area contributed by atoms with Gasteiger partial charge < -0.3 is 5.32 Å². The summed E-state index contributed by atoms with van der Waals surface area (Å²) in [6.07, 6.45) is 1.22. The first-order chi connectivity index (χ1) is 11.0. The van der Waals surface area contributed by atoms with Gasteiger partial charge in [-0.05, 0) is 46.8 Å². The summed E-state index contributed by atoms with van der Waals surface area (Å²) in [6.45, 7) is 0.800. The summed E-state index contributed by atoms with van der Waals surface area (Å²) in [6, 6.07) is 19.2. The summed E-state index contributed by atoms with van der Waals surface area (Å²) in [5.74, 6) is 0. The van der Waals surface area contributed by atoms with Gasteiger partial charge in [-0.15, -0.1) is 11.3 Å². The maximum absolute atomic E-state index is 11.5. The fraction of sp³-hybridized carbons (Fsp3) is 0.111. The predicted octanol–water partition coefficient (Wildman–Crippen LogP) is 4.43. The van der Waals surface area contributed by atoms with Gasteiger partial charge in [-0.2, -0.15) is 0 Å². The number of hydrogen-bond donors (Lipinski definition) is 1. The van der Waals surface area contributed by atoms with Crippen LogP contribution in [0, 0.1) is 0 Å². The molecule has 0 unspecified atom stereocenters. The van der Waals surface area contributed by atoms with Crippen LogP contribution in [0.25, 0.3) is 11.1 Å². The third kappa shape index (κ3) is 4.00. The highest BCUT2D eigenvalue weighted by Gasteiger charge is 2.07. The van der Waals surface area contributed by atoms with Gasteiger partial charge in [0.25, 0.3) is 0 Å². The standard InChI is InChI=1S/C18H17NO2S2/c1-23(20,21)18-9-7-14(8-10-18)15-4-2-5-16(12-15)19-13-17-6-3-11-22-17/h2-12,19H,13H2,1H3. The molecule has 5 heteroatoms. The first-order valence-electron chi connectivity index (χ1n) is 7.19. The maximum atomic E-state index is 11.5. The lowest BCUT2D eigenvalue weighted by atomic mass is 10.1. The molecule has 0 bridgehead atoms. The van der Waals surface area contributed by atoms with E-state index >= 15 is 0 Å². The molecule has 0 saturated carbocycles. The van der Waals surface area contributed by atoms with E-state index in [0.717, 1.165) is 23.4 Å². The van der Waals surface area contributed by atoms with Gasteiger partial charge in [0.15, 0.2) is 9.84 Å². The quantitative estimate of drug-likeness (QED) is 0.745. The van der Waals surface area contributed by atoms with Crippen LogP contribution < -0.4 is 5.32 Å². The van der Waals surface area contributed by atoms with Crippen molar-refractivity contribution in [3.63, 3.8) is 0 Å². The third-order valence-electron chi connectivity index (χ3n) is 3.53. The summed E-state index contributed by atoms with van der Waals surface area (Å²) in [5, 5.41) is 5.47. The Hall–Kier alpha value is -2.11. The van der Waals surface area contributed by atoms with Crippen molar-refractivity contribution in [1.29, 1.82) is 0 Å². The van der Waals surface area contributed by atoms with Crippen molar-refractivity contribution in [2.45, 2.75) is 11.4 Å². The lowest BCUT2D eigenvalue weighted by Gasteiger charge is -2.08. The average Bonchev–Trinajstić information content (AvgIpc) is 3.06. The molecule has 1 aromatic heterocycles. The lowest BCUT2D eigenvalue weighted by Crippen LogP contribution is -1.97. The Morgan fingerprint density at radius 1 is 0.957 bits per heavy atom. The van der Waals surface area contributed by atoms with Crippen molar-refractivity contribution in [3.8, 4) is 11.1 Å². The van der Waals surface area contributed by atoms with Crippen molar-refractivity contribution in [3.05, 3.63) is 70.9 Å². The molecular formula is C18H17NO2S2. The zero-order valence-corrected chi connectivity index (χ0v) is 14.3. The molecule has 0 aliphatic rings. The van der Waals surface area contributed by atoms with E-state index < -0.39 is 9.84 Å². The van der Waals surface area contributed by atoms with Crippen LogP contribution >= 0.6 is 11.3 Å². The maximum Gasteiger partial charge on any atom is 0.175 e. The van der Waals surface area contributed by atoms with Gasteiger partial charge in [-0.1, -0.05) is 30.3 Å². The molecule has 0 atom stereocenters. The molecule has 3 aromatic rings. The summed E-state index contributed by atoms with van der Waals surface area (Å²) >= 11 is 1.73. The molecule has 0 spiro atoms. The van der Waals surface area contributed by atoms with E-state index in [2.05, 4.69) is 22.8 Å². The third-order valence-corrected chi connectivity index (χ3v) is 5.53. The van der Waals surface area contributed by atoms with Crippen molar-refractivity contribution < 1.29 is 8.42 Å². The van der Waals surface area contributed by atoms with E-state index in [1.54, 1.807) is 23.5 Å². The molecule has 3 rings (SSSR count). The number of hydrogen-bond acceptors (Lipinski definition) is 4. The Balaban J connectivity index is 1.79. The smallest absolute Gasteiger partial charge is 0.175 e. The number of rotatable bonds is 5. The summed E-state index contributed by atoms with van der Waals surface area (Å²) in [5.41, 5.74) is 3.10. The Morgan fingerprint density at radius 3 is 2.39 bits per heavy atom. The first-order valence-corrected chi connectivity index (χ1v) is 9.96. The van der Waals surface area contributed by atoms with Crippen molar-refractivity contribution in [2.75, 3.05) is 11.6 Å². The number of nitrogens with one attached hydrogen (secondary N) is 1. The van der Waals surface area contributed by atoms with Crippen LogP contribution in [0.4, 0.5) is 5.69 Å². The minimum atomic E-state index is -3.15. The first kappa shape index (κ1) is 15.8. The molecule has 118 valence electrons. The fourth-order valence-electron chi connectivity index (χ4n) is 2.31. The number of anilines is 1. The number of thiophene rings is 1. The Labute approximate surface area is 140 Å². The highest BCUT2D eigenvalue weighted by Crippen LogP contribution is 2.24. The van der Waals surface area contributed by atoms with E-state index in [9.17, 15) is 8.42 Å². The molecule has 0 saturated heterocycles. The highest BCUT2D eigenvalue weighted by atomic mass is 32.2. The van der Waals surface area contributed by atoms with Crippen molar-refractivity contribution in [1.82, 2.24) is 0 Å².